The zero-order chi connectivity index (χ0) is 13.1. The van der Waals surface area contributed by atoms with Gasteiger partial charge in [-0.05, 0) is 29.7 Å². The van der Waals surface area contributed by atoms with Crippen molar-refractivity contribution in [1.82, 2.24) is 4.98 Å². The van der Waals surface area contributed by atoms with Crippen molar-refractivity contribution in [2.45, 2.75) is 6.92 Å². The van der Waals surface area contributed by atoms with Crippen molar-refractivity contribution in [3.63, 3.8) is 0 Å². The van der Waals surface area contributed by atoms with E-state index in [0.29, 0.717) is 0 Å². The average molecular weight is 244 g/mol. The molecular weight excluding hydrogens is 230 g/mol. The number of benzene rings is 2. The predicted octanol–water partition coefficient (Wildman–Crippen LogP) is 4.52. The molecule has 3 aromatic rings. The van der Waals surface area contributed by atoms with E-state index >= 15 is 0 Å². The van der Waals surface area contributed by atoms with Crippen LogP contribution in [0.5, 0.6) is 0 Å². The third kappa shape index (κ3) is 2.41. The molecule has 0 unspecified atom stereocenters. The predicted molar refractivity (Wildman–Crippen MR) is 78.7 cm³/mol. The first-order valence-corrected chi connectivity index (χ1v) is 6.35. The fraction of sp³-hybridized carbons (Fsp3) is 0.0556. The Labute approximate surface area is 113 Å². The molecule has 1 radical (unpaired) electrons. The first-order chi connectivity index (χ1) is 9.34. The summed E-state index contributed by atoms with van der Waals surface area (Å²) in [6, 6.07) is 22.8. The molecule has 0 amide bonds. The van der Waals surface area contributed by atoms with E-state index in [9.17, 15) is 0 Å². The lowest BCUT2D eigenvalue weighted by Gasteiger charge is -2.10. The van der Waals surface area contributed by atoms with Crippen molar-refractivity contribution in [3.05, 3.63) is 78.6 Å². The van der Waals surface area contributed by atoms with Crippen LogP contribution in [0, 0.1) is 13.1 Å². The van der Waals surface area contributed by atoms with Crippen molar-refractivity contribution < 1.29 is 0 Å². The van der Waals surface area contributed by atoms with Gasteiger partial charge in [0, 0.05) is 11.3 Å². The zero-order valence-electron chi connectivity index (χ0n) is 10.8. The third-order valence-corrected chi connectivity index (χ3v) is 3.11. The zero-order valence-corrected chi connectivity index (χ0v) is 10.8. The first-order valence-electron chi connectivity index (χ1n) is 6.35. The molecule has 0 fully saturated rings. The highest BCUT2D eigenvalue weighted by Crippen LogP contribution is 2.31. The monoisotopic (exact) mass is 244 g/mol. The van der Waals surface area contributed by atoms with Gasteiger partial charge in [-0.1, -0.05) is 60.7 Å². The Morgan fingerprint density at radius 2 is 1.37 bits per heavy atom. The number of rotatable bonds is 2. The Balaban J connectivity index is 2.21. The smallest absolute Gasteiger partial charge is 0.0980 e. The van der Waals surface area contributed by atoms with Crippen molar-refractivity contribution in [1.29, 1.82) is 0 Å². The van der Waals surface area contributed by atoms with E-state index in [-0.39, 0.29) is 0 Å². The van der Waals surface area contributed by atoms with Crippen molar-refractivity contribution in [2.24, 2.45) is 0 Å². The Morgan fingerprint density at radius 3 is 2.00 bits per heavy atom. The van der Waals surface area contributed by atoms with Gasteiger partial charge in [0.15, 0.2) is 0 Å². The molecule has 0 atom stereocenters. The van der Waals surface area contributed by atoms with Crippen LogP contribution in [-0.2, 0) is 0 Å². The maximum absolute atomic E-state index is 4.32. The summed E-state index contributed by atoms with van der Waals surface area (Å²) in [5.74, 6) is 0. The van der Waals surface area contributed by atoms with E-state index in [1.807, 2.05) is 31.2 Å². The lowest BCUT2D eigenvalue weighted by Crippen LogP contribution is -1.90. The molecule has 2 aromatic carbocycles. The highest BCUT2D eigenvalue weighted by atomic mass is 14.7. The van der Waals surface area contributed by atoms with Crippen molar-refractivity contribution in [2.75, 3.05) is 0 Å². The number of aryl methyl sites for hydroxylation is 1. The molecule has 19 heavy (non-hydrogen) atoms. The number of nitrogens with zero attached hydrogens (tertiary/aromatic N) is 1. The molecule has 3 rings (SSSR count). The number of pyridine rings is 1. The summed E-state index contributed by atoms with van der Waals surface area (Å²) in [6.45, 7) is 2.00. The Morgan fingerprint density at radius 1 is 0.789 bits per heavy atom. The molecule has 1 heteroatoms. The van der Waals surface area contributed by atoms with Gasteiger partial charge in [-0.2, -0.15) is 0 Å². The van der Waals surface area contributed by atoms with Gasteiger partial charge in [0.25, 0.3) is 0 Å². The van der Waals surface area contributed by atoms with Gasteiger partial charge in [-0.15, -0.1) is 0 Å². The number of hydrogen-bond acceptors (Lipinski definition) is 1. The Kier molecular flexibility index (Phi) is 3.11. The second-order valence-corrected chi connectivity index (χ2v) is 4.53. The van der Waals surface area contributed by atoms with Gasteiger partial charge in [0.05, 0.1) is 6.20 Å². The van der Waals surface area contributed by atoms with Crippen LogP contribution in [0.2, 0.25) is 0 Å². The lowest BCUT2D eigenvalue weighted by molar-refractivity contribution is 1.19. The molecule has 0 aliphatic carbocycles. The largest absolute Gasteiger partial charge is 0.251 e. The van der Waals surface area contributed by atoms with Gasteiger partial charge in [0.1, 0.15) is 0 Å². The first kappa shape index (κ1) is 11.7. The van der Waals surface area contributed by atoms with Gasteiger partial charge < -0.3 is 0 Å². The average Bonchev–Trinajstić information content (AvgIpc) is 2.49. The summed E-state index contributed by atoms with van der Waals surface area (Å²) < 4.78 is 0. The fourth-order valence-electron chi connectivity index (χ4n) is 2.19. The summed E-state index contributed by atoms with van der Waals surface area (Å²) in [5.41, 5.74) is 5.56. The molecule has 0 saturated carbocycles. The summed E-state index contributed by atoms with van der Waals surface area (Å²) in [6.07, 6.45) is 3.17. The van der Waals surface area contributed by atoms with Crippen LogP contribution in [-0.4, -0.2) is 4.98 Å². The van der Waals surface area contributed by atoms with Crippen LogP contribution in [0.25, 0.3) is 22.3 Å². The molecule has 0 saturated heterocycles. The van der Waals surface area contributed by atoms with Gasteiger partial charge in [-0.3, -0.25) is 4.98 Å². The van der Waals surface area contributed by atoms with E-state index < -0.39 is 0 Å². The molecule has 0 aliphatic heterocycles. The molecule has 0 spiro atoms. The molecule has 1 heterocycles. The maximum atomic E-state index is 4.32. The topological polar surface area (TPSA) is 12.9 Å². The highest BCUT2D eigenvalue weighted by molar-refractivity contribution is 5.82. The van der Waals surface area contributed by atoms with Crippen LogP contribution < -0.4 is 0 Å². The van der Waals surface area contributed by atoms with Crippen LogP contribution in [0.3, 0.4) is 0 Å². The summed E-state index contributed by atoms with van der Waals surface area (Å²) in [5, 5.41) is 0. The Bertz CT molecular complexity index is 673. The second-order valence-electron chi connectivity index (χ2n) is 4.53. The fourth-order valence-corrected chi connectivity index (χ4v) is 2.19. The van der Waals surface area contributed by atoms with Crippen LogP contribution in [0.1, 0.15) is 5.69 Å². The number of aromatic nitrogens is 1. The minimum atomic E-state index is 0.985. The SMILES string of the molecule is Cc1cc(-c2ccccc2)c(-c2ccccc2)[c]n1. The standard InChI is InChI=1S/C18H14N/c1-14-12-17(15-8-4-2-5-9-15)18(13-19-14)16-10-6-3-7-11-16/h2-12H,1H3. The molecule has 0 bridgehead atoms. The lowest BCUT2D eigenvalue weighted by atomic mass is 9.96. The van der Waals surface area contributed by atoms with Crippen LogP contribution in [0.15, 0.2) is 66.7 Å². The van der Waals surface area contributed by atoms with E-state index in [0.717, 1.165) is 16.8 Å². The Hall–Kier alpha value is -2.41. The minimum absolute atomic E-state index is 0.985. The van der Waals surface area contributed by atoms with E-state index in [4.69, 9.17) is 0 Å². The third-order valence-electron chi connectivity index (χ3n) is 3.11. The molecular formula is C18H14N. The molecule has 91 valence electrons. The van der Waals surface area contributed by atoms with Gasteiger partial charge >= 0.3 is 0 Å². The summed E-state index contributed by atoms with van der Waals surface area (Å²) in [7, 11) is 0. The molecule has 0 aliphatic rings. The highest BCUT2D eigenvalue weighted by Gasteiger charge is 2.08. The van der Waals surface area contributed by atoms with Crippen molar-refractivity contribution in [3.8, 4) is 22.3 Å². The van der Waals surface area contributed by atoms with E-state index in [1.54, 1.807) is 0 Å². The van der Waals surface area contributed by atoms with Crippen molar-refractivity contribution >= 4 is 0 Å². The maximum Gasteiger partial charge on any atom is 0.0980 e. The molecule has 1 aromatic heterocycles. The molecule has 0 N–H and O–H groups in total. The number of hydrogen-bond donors (Lipinski definition) is 0. The second kappa shape index (κ2) is 5.07. The quantitative estimate of drug-likeness (QED) is 0.645. The van der Waals surface area contributed by atoms with Gasteiger partial charge in [-0.25, -0.2) is 0 Å². The van der Waals surface area contributed by atoms with Gasteiger partial charge in [0.2, 0.25) is 0 Å². The van der Waals surface area contributed by atoms with Crippen LogP contribution >= 0.6 is 0 Å². The minimum Gasteiger partial charge on any atom is -0.251 e. The normalized spacial score (nSPS) is 10.4. The summed E-state index contributed by atoms with van der Waals surface area (Å²) >= 11 is 0. The van der Waals surface area contributed by atoms with E-state index in [1.165, 1.54) is 11.1 Å². The molecule has 1 nitrogen and oxygen atoms in total. The summed E-state index contributed by atoms with van der Waals surface area (Å²) in [4.78, 5) is 4.32. The van der Waals surface area contributed by atoms with Crippen LogP contribution in [0.4, 0.5) is 0 Å². The van der Waals surface area contributed by atoms with E-state index in [2.05, 4.69) is 53.6 Å².